The molecule has 14 heavy (non-hydrogen) atoms. The zero-order valence-electron chi connectivity index (χ0n) is 8.14. The predicted molar refractivity (Wildman–Crippen MR) is 50.5 cm³/mol. The Morgan fingerprint density at radius 3 is 2.79 bits per heavy atom. The van der Waals surface area contributed by atoms with Crippen LogP contribution >= 0.6 is 0 Å². The van der Waals surface area contributed by atoms with E-state index < -0.39 is 0 Å². The molecule has 5 heteroatoms. The molecule has 5 nitrogen and oxygen atoms in total. The fourth-order valence-corrected chi connectivity index (χ4v) is 1.27. The number of oxazole rings is 1. The maximum absolute atomic E-state index is 5.94. The van der Waals surface area contributed by atoms with Crippen LogP contribution < -0.4 is 5.73 Å². The van der Waals surface area contributed by atoms with Crippen LogP contribution in [0.25, 0.3) is 0 Å². The van der Waals surface area contributed by atoms with Crippen LogP contribution in [-0.2, 0) is 7.05 Å². The molecule has 2 aromatic rings. The van der Waals surface area contributed by atoms with Crippen LogP contribution in [-0.4, -0.2) is 14.8 Å². The lowest BCUT2D eigenvalue weighted by Gasteiger charge is -2.02. The summed E-state index contributed by atoms with van der Waals surface area (Å²) >= 11 is 0. The molecule has 74 valence electrons. The Bertz CT molecular complexity index is 391. The normalized spacial score (nSPS) is 13.1. The Morgan fingerprint density at radius 2 is 2.29 bits per heavy atom. The first-order chi connectivity index (χ1) is 6.66. The van der Waals surface area contributed by atoms with E-state index in [1.54, 1.807) is 17.9 Å². The van der Waals surface area contributed by atoms with Gasteiger partial charge in [-0.1, -0.05) is 0 Å². The highest BCUT2D eigenvalue weighted by Crippen LogP contribution is 2.16. The minimum absolute atomic E-state index is 0.311. The van der Waals surface area contributed by atoms with Crippen molar-refractivity contribution in [1.29, 1.82) is 0 Å². The molecule has 0 radical (unpaired) electrons. The van der Waals surface area contributed by atoms with Crippen molar-refractivity contribution in [3.05, 3.63) is 35.8 Å². The minimum atomic E-state index is -0.311. The summed E-state index contributed by atoms with van der Waals surface area (Å²) in [4.78, 5) is 4.16. The molecule has 0 saturated carbocycles. The summed E-state index contributed by atoms with van der Waals surface area (Å²) in [5, 5.41) is 4.21. The first kappa shape index (κ1) is 8.96. The zero-order chi connectivity index (χ0) is 10.1. The smallest absolute Gasteiger partial charge is 0.191 e. The maximum Gasteiger partial charge on any atom is 0.191 e. The van der Waals surface area contributed by atoms with Gasteiger partial charge in [0.1, 0.15) is 12.0 Å². The van der Waals surface area contributed by atoms with Crippen molar-refractivity contribution in [1.82, 2.24) is 14.8 Å². The Hall–Kier alpha value is -1.62. The molecule has 0 bridgehead atoms. The van der Waals surface area contributed by atoms with E-state index in [-0.39, 0.29) is 6.04 Å². The average Bonchev–Trinajstić information content (AvgIpc) is 2.73. The van der Waals surface area contributed by atoms with Crippen molar-refractivity contribution < 1.29 is 4.42 Å². The highest BCUT2D eigenvalue weighted by atomic mass is 16.3. The standard InChI is InChI=1S/C9H12N4O/c1-6-11-8(5-14-6)9(10)7-3-4-13(2)12-7/h3-5,9H,10H2,1-2H3. The summed E-state index contributed by atoms with van der Waals surface area (Å²) in [5.74, 6) is 0.617. The van der Waals surface area contributed by atoms with Crippen molar-refractivity contribution in [2.45, 2.75) is 13.0 Å². The van der Waals surface area contributed by atoms with Gasteiger partial charge in [0, 0.05) is 20.2 Å². The van der Waals surface area contributed by atoms with Gasteiger partial charge in [0.15, 0.2) is 5.89 Å². The lowest BCUT2D eigenvalue weighted by Crippen LogP contribution is -2.13. The molecule has 0 spiro atoms. The predicted octanol–water partition coefficient (Wildman–Crippen LogP) is 0.765. The monoisotopic (exact) mass is 192 g/mol. The molecule has 0 aliphatic carbocycles. The maximum atomic E-state index is 5.94. The van der Waals surface area contributed by atoms with Crippen molar-refractivity contribution in [3.63, 3.8) is 0 Å². The van der Waals surface area contributed by atoms with Crippen LogP contribution in [0.5, 0.6) is 0 Å². The first-order valence-corrected chi connectivity index (χ1v) is 4.34. The summed E-state index contributed by atoms with van der Waals surface area (Å²) in [6.07, 6.45) is 3.41. The SMILES string of the molecule is Cc1nc(C(N)c2ccn(C)n2)co1. The van der Waals surface area contributed by atoms with Gasteiger partial charge >= 0.3 is 0 Å². The van der Waals surface area contributed by atoms with E-state index >= 15 is 0 Å². The molecular weight excluding hydrogens is 180 g/mol. The molecule has 2 heterocycles. The van der Waals surface area contributed by atoms with Gasteiger partial charge in [0.25, 0.3) is 0 Å². The molecule has 0 saturated heterocycles. The van der Waals surface area contributed by atoms with Gasteiger partial charge in [-0.2, -0.15) is 5.10 Å². The van der Waals surface area contributed by atoms with Crippen molar-refractivity contribution in [2.24, 2.45) is 12.8 Å². The van der Waals surface area contributed by atoms with Crippen LogP contribution in [0.15, 0.2) is 22.9 Å². The number of aryl methyl sites for hydroxylation is 2. The second-order valence-electron chi connectivity index (χ2n) is 3.18. The number of aromatic nitrogens is 3. The van der Waals surface area contributed by atoms with Gasteiger partial charge in [0.2, 0.25) is 0 Å². The topological polar surface area (TPSA) is 69.9 Å². The summed E-state index contributed by atoms with van der Waals surface area (Å²) in [6, 6.07) is 1.56. The highest BCUT2D eigenvalue weighted by Gasteiger charge is 2.14. The molecule has 0 aliphatic heterocycles. The summed E-state index contributed by atoms with van der Waals surface area (Å²) in [5.41, 5.74) is 7.45. The van der Waals surface area contributed by atoms with Gasteiger partial charge in [-0.3, -0.25) is 4.68 Å². The van der Waals surface area contributed by atoms with Crippen LogP contribution in [0.3, 0.4) is 0 Å². The van der Waals surface area contributed by atoms with Gasteiger partial charge in [0.05, 0.1) is 11.7 Å². The van der Waals surface area contributed by atoms with E-state index in [0.29, 0.717) is 11.6 Å². The van der Waals surface area contributed by atoms with E-state index in [4.69, 9.17) is 10.2 Å². The average molecular weight is 192 g/mol. The van der Waals surface area contributed by atoms with Crippen molar-refractivity contribution in [2.75, 3.05) is 0 Å². The molecule has 2 aromatic heterocycles. The molecule has 1 unspecified atom stereocenters. The Balaban J connectivity index is 2.28. The van der Waals surface area contributed by atoms with Crippen LogP contribution in [0, 0.1) is 6.92 Å². The number of nitrogens with zero attached hydrogens (tertiary/aromatic N) is 3. The molecule has 2 N–H and O–H groups in total. The van der Waals surface area contributed by atoms with Gasteiger partial charge < -0.3 is 10.2 Å². The second kappa shape index (κ2) is 3.26. The minimum Gasteiger partial charge on any atom is -0.449 e. The van der Waals surface area contributed by atoms with Gasteiger partial charge in [-0.15, -0.1) is 0 Å². The quantitative estimate of drug-likeness (QED) is 0.762. The van der Waals surface area contributed by atoms with E-state index in [0.717, 1.165) is 5.69 Å². The third-order valence-electron chi connectivity index (χ3n) is 2.01. The summed E-state index contributed by atoms with van der Waals surface area (Å²) < 4.78 is 6.80. The van der Waals surface area contributed by atoms with E-state index in [1.807, 2.05) is 19.3 Å². The lowest BCUT2D eigenvalue weighted by molar-refractivity contribution is 0.520. The lowest BCUT2D eigenvalue weighted by atomic mass is 10.2. The molecule has 0 fully saturated rings. The number of hydrogen-bond acceptors (Lipinski definition) is 4. The molecule has 0 amide bonds. The fourth-order valence-electron chi connectivity index (χ4n) is 1.27. The largest absolute Gasteiger partial charge is 0.449 e. The van der Waals surface area contributed by atoms with Crippen molar-refractivity contribution in [3.8, 4) is 0 Å². The highest BCUT2D eigenvalue weighted by molar-refractivity contribution is 5.17. The molecule has 2 rings (SSSR count). The van der Waals surface area contributed by atoms with Crippen molar-refractivity contribution >= 4 is 0 Å². The van der Waals surface area contributed by atoms with Crippen LogP contribution in [0.1, 0.15) is 23.3 Å². The third-order valence-corrected chi connectivity index (χ3v) is 2.01. The molecule has 1 atom stereocenters. The Kier molecular flexibility index (Phi) is 2.09. The van der Waals surface area contributed by atoms with E-state index in [2.05, 4.69) is 10.1 Å². The number of nitrogens with two attached hydrogens (primary N) is 1. The van der Waals surface area contributed by atoms with Crippen LogP contribution in [0.2, 0.25) is 0 Å². The second-order valence-corrected chi connectivity index (χ2v) is 3.18. The number of hydrogen-bond donors (Lipinski definition) is 1. The number of rotatable bonds is 2. The Morgan fingerprint density at radius 1 is 1.50 bits per heavy atom. The first-order valence-electron chi connectivity index (χ1n) is 4.34. The molecule has 0 aromatic carbocycles. The summed E-state index contributed by atoms with van der Waals surface area (Å²) in [7, 11) is 1.85. The third kappa shape index (κ3) is 1.54. The fraction of sp³-hybridized carbons (Fsp3) is 0.333. The zero-order valence-corrected chi connectivity index (χ0v) is 8.14. The summed E-state index contributed by atoms with van der Waals surface area (Å²) in [6.45, 7) is 1.79. The Labute approximate surface area is 81.5 Å². The molecular formula is C9H12N4O. The van der Waals surface area contributed by atoms with E-state index in [1.165, 1.54) is 0 Å². The molecule has 0 aliphatic rings. The van der Waals surface area contributed by atoms with Crippen LogP contribution in [0.4, 0.5) is 0 Å². The van der Waals surface area contributed by atoms with E-state index in [9.17, 15) is 0 Å². The van der Waals surface area contributed by atoms with Gasteiger partial charge in [-0.25, -0.2) is 4.98 Å². The van der Waals surface area contributed by atoms with Gasteiger partial charge in [-0.05, 0) is 6.07 Å².